The molecule has 2 aromatic heterocycles. The molecule has 50 heavy (non-hydrogen) atoms. The molecule has 0 atom stereocenters. The van der Waals surface area contributed by atoms with E-state index in [0.29, 0.717) is 0 Å². The van der Waals surface area contributed by atoms with Gasteiger partial charge in [0.15, 0.2) is 0 Å². The van der Waals surface area contributed by atoms with Gasteiger partial charge in [-0.2, -0.15) is 0 Å². The minimum atomic E-state index is 1.15. The van der Waals surface area contributed by atoms with E-state index in [-0.39, 0.29) is 0 Å². The van der Waals surface area contributed by atoms with Crippen LogP contribution in [0.15, 0.2) is 176 Å². The number of aromatic nitrogens is 2. The monoisotopic (exact) mass is 640 g/mol. The van der Waals surface area contributed by atoms with Crippen molar-refractivity contribution in [1.29, 1.82) is 0 Å². The van der Waals surface area contributed by atoms with Crippen LogP contribution in [-0.4, -0.2) is 9.13 Å². The molecule has 0 radical (unpaired) electrons. The van der Waals surface area contributed by atoms with Gasteiger partial charge in [0, 0.05) is 44.4 Å². The molecule has 0 aliphatic heterocycles. The van der Waals surface area contributed by atoms with E-state index < -0.39 is 0 Å². The first-order chi connectivity index (χ1) is 24.7. The van der Waals surface area contributed by atoms with Crippen molar-refractivity contribution in [1.82, 2.24) is 9.13 Å². The fourth-order valence-electron chi connectivity index (χ4n) is 7.69. The fourth-order valence-corrected chi connectivity index (χ4v) is 7.69. The van der Waals surface area contributed by atoms with Crippen LogP contribution < -0.4 is 0 Å². The second-order valence-electron chi connectivity index (χ2n) is 13.0. The first-order valence-electron chi connectivity index (χ1n) is 17.3. The zero-order valence-electron chi connectivity index (χ0n) is 28.2. The average molecular weight is 641 g/mol. The van der Waals surface area contributed by atoms with Gasteiger partial charge in [-0.3, -0.25) is 0 Å². The number of hydrogen-bond acceptors (Lipinski definition) is 0. The molecule has 238 valence electrons. The standard InChI is InChI=1S/C48H36N2/c1-33(35-18-8-3-9-19-35)30-41-34(2)49(39-24-14-6-15-25-39)47-42(37-22-12-5-13-23-37)32-44-43-31-38(36-20-10-4-11-21-36)28-29-45(43)50(48(44)46(41)47)40-26-16-7-17-27-40/h3-32H,1-2H3/b33-30+. The smallest absolute Gasteiger partial charge is 0.0641 e. The van der Waals surface area contributed by atoms with E-state index in [1.54, 1.807) is 0 Å². The van der Waals surface area contributed by atoms with Gasteiger partial charge in [0.2, 0.25) is 0 Å². The fraction of sp³-hybridized carbons (Fsp3) is 0.0417. The summed E-state index contributed by atoms with van der Waals surface area (Å²) in [4.78, 5) is 0. The van der Waals surface area contributed by atoms with Crippen molar-refractivity contribution in [3.63, 3.8) is 0 Å². The average Bonchev–Trinajstić information content (AvgIpc) is 3.67. The van der Waals surface area contributed by atoms with Crippen molar-refractivity contribution < 1.29 is 0 Å². The molecule has 0 N–H and O–H groups in total. The van der Waals surface area contributed by atoms with Gasteiger partial charge in [0.25, 0.3) is 0 Å². The van der Waals surface area contributed by atoms with Crippen LogP contribution >= 0.6 is 0 Å². The third-order valence-corrected chi connectivity index (χ3v) is 10.1. The van der Waals surface area contributed by atoms with E-state index in [4.69, 9.17) is 0 Å². The Kier molecular flexibility index (Phi) is 7.29. The highest BCUT2D eigenvalue weighted by Crippen LogP contribution is 2.46. The lowest BCUT2D eigenvalue weighted by atomic mass is 9.95. The molecule has 7 aromatic carbocycles. The lowest BCUT2D eigenvalue weighted by molar-refractivity contribution is 1.05. The van der Waals surface area contributed by atoms with Crippen LogP contribution in [0.2, 0.25) is 0 Å². The molecule has 0 saturated heterocycles. The number of para-hydroxylation sites is 2. The van der Waals surface area contributed by atoms with Crippen molar-refractivity contribution >= 4 is 44.4 Å². The Hall–Kier alpha value is -6.38. The van der Waals surface area contributed by atoms with Crippen molar-refractivity contribution in [2.24, 2.45) is 0 Å². The van der Waals surface area contributed by atoms with Crippen LogP contribution in [0.25, 0.3) is 78.0 Å². The molecular formula is C48H36N2. The summed E-state index contributed by atoms with van der Waals surface area (Å²) in [7, 11) is 0. The number of benzene rings is 7. The topological polar surface area (TPSA) is 9.86 Å². The van der Waals surface area contributed by atoms with Crippen LogP contribution in [0.4, 0.5) is 0 Å². The Bertz CT molecular complexity index is 2660. The van der Waals surface area contributed by atoms with Gasteiger partial charge in [-0.15, -0.1) is 0 Å². The van der Waals surface area contributed by atoms with E-state index in [0.717, 1.165) is 11.4 Å². The molecular weight excluding hydrogens is 605 g/mol. The molecule has 2 nitrogen and oxygen atoms in total. The molecule has 0 aliphatic carbocycles. The number of nitrogens with zero attached hydrogens (tertiary/aromatic N) is 2. The summed E-state index contributed by atoms with van der Waals surface area (Å²) in [5, 5.41) is 3.73. The molecule has 9 rings (SSSR count). The van der Waals surface area contributed by atoms with Gasteiger partial charge in [-0.05, 0) is 90.2 Å². The molecule has 2 heteroatoms. The van der Waals surface area contributed by atoms with Crippen molar-refractivity contribution in [2.45, 2.75) is 13.8 Å². The number of fused-ring (bicyclic) bond motifs is 5. The second kappa shape index (κ2) is 12.3. The van der Waals surface area contributed by atoms with Crippen LogP contribution in [0.3, 0.4) is 0 Å². The maximum atomic E-state index is 2.49. The normalized spacial score (nSPS) is 11.9. The SMILES string of the molecule is C/C(=C\c1c(C)n(-c2ccccc2)c2c(-c3ccccc3)cc3c4cc(-c5ccccc5)ccc4n(-c4ccccc4)c3c12)c1ccccc1. The largest absolute Gasteiger partial charge is 0.313 e. The first-order valence-corrected chi connectivity index (χ1v) is 17.3. The van der Waals surface area contributed by atoms with Crippen molar-refractivity contribution in [2.75, 3.05) is 0 Å². The highest BCUT2D eigenvalue weighted by molar-refractivity contribution is 6.24. The zero-order valence-corrected chi connectivity index (χ0v) is 28.2. The van der Waals surface area contributed by atoms with E-state index in [9.17, 15) is 0 Å². The quantitative estimate of drug-likeness (QED) is 0.171. The van der Waals surface area contributed by atoms with Crippen LogP contribution in [0.5, 0.6) is 0 Å². The van der Waals surface area contributed by atoms with Gasteiger partial charge in [0.1, 0.15) is 0 Å². The molecule has 9 aromatic rings. The van der Waals surface area contributed by atoms with Gasteiger partial charge >= 0.3 is 0 Å². The minimum Gasteiger partial charge on any atom is -0.313 e. The van der Waals surface area contributed by atoms with E-state index >= 15 is 0 Å². The number of rotatable bonds is 6. The summed E-state index contributed by atoms with van der Waals surface area (Å²) >= 11 is 0. The Balaban J connectivity index is 1.53. The summed E-state index contributed by atoms with van der Waals surface area (Å²) in [5.74, 6) is 0. The maximum absolute atomic E-state index is 2.49. The maximum Gasteiger partial charge on any atom is 0.0641 e. The lowest BCUT2D eigenvalue weighted by Crippen LogP contribution is -1.98. The molecule has 0 bridgehead atoms. The van der Waals surface area contributed by atoms with E-state index in [1.807, 2.05) is 0 Å². The second-order valence-corrected chi connectivity index (χ2v) is 13.0. The molecule has 0 fully saturated rings. The molecule has 0 saturated carbocycles. The van der Waals surface area contributed by atoms with E-state index in [1.165, 1.54) is 77.4 Å². The van der Waals surface area contributed by atoms with Crippen LogP contribution in [-0.2, 0) is 0 Å². The highest BCUT2D eigenvalue weighted by Gasteiger charge is 2.25. The van der Waals surface area contributed by atoms with Crippen LogP contribution in [0, 0.1) is 6.92 Å². The summed E-state index contributed by atoms with van der Waals surface area (Å²) in [5.41, 5.74) is 15.7. The summed E-state index contributed by atoms with van der Waals surface area (Å²) in [6.07, 6.45) is 2.41. The summed E-state index contributed by atoms with van der Waals surface area (Å²) in [6, 6.07) is 63.4. The van der Waals surface area contributed by atoms with Crippen molar-refractivity contribution in [3.8, 4) is 33.6 Å². The molecule has 2 heterocycles. The molecule has 0 aliphatic rings. The predicted octanol–water partition coefficient (Wildman–Crippen LogP) is 12.9. The predicted molar refractivity (Wildman–Crippen MR) is 213 cm³/mol. The first kappa shape index (κ1) is 29.7. The lowest BCUT2D eigenvalue weighted by Gasteiger charge is -2.14. The zero-order chi connectivity index (χ0) is 33.6. The Labute approximate surface area is 292 Å². The highest BCUT2D eigenvalue weighted by atomic mass is 15.0. The van der Waals surface area contributed by atoms with Gasteiger partial charge in [-0.1, -0.05) is 133 Å². The van der Waals surface area contributed by atoms with Gasteiger partial charge < -0.3 is 9.13 Å². The third kappa shape index (κ3) is 4.88. The molecule has 0 unspecified atom stereocenters. The Morgan fingerprint density at radius 3 is 1.64 bits per heavy atom. The van der Waals surface area contributed by atoms with Gasteiger partial charge in [-0.25, -0.2) is 0 Å². The Morgan fingerprint density at radius 1 is 0.480 bits per heavy atom. The van der Waals surface area contributed by atoms with Crippen LogP contribution in [0.1, 0.15) is 23.7 Å². The summed E-state index contributed by atoms with van der Waals surface area (Å²) < 4.78 is 4.96. The Morgan fingerprint density at radius 2 is 1.02 bits per heavy atom. The summed E-state index contributed by atoms with van der Waals surface area (Å²) in [6.45, 7) is 4.51. The molecule has 0 spiro atoms. The van der Waals surface area contributed by atoms with Gasteiger partial charge in [0.05, 0.1) is 16.6 Å². The number of hydrogen-bond donors (Lipinski definition) is 0. The number of allylic oxidation sites excluding steroid dienone is 1. The minimum absolute atomic E-state index is 1.15. The molecule has 0 amide bonds. The van der Waals surface area contributed by atoms with Crippen molar-refractivity contribution in [3.05, 3.63) is 193 Å². The van der Waals surface area contributed by atoms with E-state index in [2.05, 4.69) is 205 Å². The third-order valence-electron chi connectivity index (χ3n) is 10.1.